The molecule has 0 radical (unpaired) electrons. The van der Waals surface area contributed by atoms with Gasteiger partial charge in [-0.25, -0.2) is 0 Å². The molecule has 0 bridgehead atoms. The molecule has 5 nitrogen and oxygen atoms in total. The molecule has 1 fully saturated rings. The van der Waals surface area contributed by atoms with E-state index < -0.39 is 0 Å². The van der Waals surface area contributed by atoms with E-state index in [-0.39, 0.29) is 23.8 Å². The third kappa shape index (κ3) is 4.00. The Bertz CT molecular complexity index is 266. The summed E-state index contributed by atoms with van der Waals surface area (Å²) < 4.78 is 5.23. The molecule has 0 aromatic heterocycles. The number of methoxy groups -OCH3 is 1. The lowest BCUT2D eigenvalue weighted by atomic mass is 10.1. The molecule has 5 heteroatoms. The molecule has 0 aromatic rings. The first kappa shape index (κ1) is 15.9. The standard InChI is InChI=1S/C10H18N2O3.C2H6/c1-7(13)12-5-8(9(6-12)15-4)10(14)11(2)3;1-2/h8-9H,5-6H2,1-4H3;1-2H3. The van der Waals surface area contributed by atoms with Crippen molar-refractivity contribution in [2.45, 2.75) is 26.9 Å². The largest absolute Gasteiger partial charge is 0.379 e. The van der Waals surface area contributed by atoms with Gasteiger partial charge in [-0.15, -0.1) is 0 Å². The number of carbonyl (C=O) groups is 2. The molecular formula is C12H24N2O3. The number of carbonyl (C=O) groups excluding carboxylic acids is 2. The molecule has 2 unspecified atom stereocenters. The summed E-state index contributed by atoms with van der Waals surface area (Å²) in [5.41, 5.74) is 0. The monoisotopic (exact) mass is 244 g/mol. The van der Waals surface area contributed by atoms with E-state index in [0.29, 0.717) is 13.1 Å². The topological polar surface area (TPSA) is 49.9 Å². The Morgan fingerprint density at radius 2 is 1.76 bits per heavy atom. The van der Waals surface area contributed by atoms with Crippen molar-refractivity contribution in [3.63, 3.8) is 0 Å². The van der Waals surface area contributed by atoms with Crippen molar-refractivity contribution < 1.29 is 14.3 Å². The molecule has 1 heterocycles. The highest BCUT2D eigenvalue weighted by Crippen LogP contribution is 2.21. The predicted molar refractivity (Wildman–Crippen MR) is 66.6 cm³/mol. The van der Waals surface area contributed by atoms with Gasteiger partial charge in [0, 0.05) is 41.2 Å². The highest BCUT2D eigenvalue weighted by Gasteiger charge is 2.39. The van der Waals surface area contributed by atoms with Crippen LogP contribution in [0.25, 0.3) is 0 Å². The van der Waals surface area contributed by atoms with Crippen molar-refractivity contribution in [3.05, 3.63) is 0 Å². The second-order valence-corrected chi connectivity index (χ2v) is 4.04. The van der Waals surface area contributed by atoms with Gasteiger partial charge in [-0.3, -0.25) is 9.59 Å². The molecule has 0 N–H and O–H groups in total. The Labute approximate surface area is 104 Å². The zero-order chi connectivity index (χ0) is 13.6. The number of ether oxygens (including phenoxy) is 1. The second-order valence-electron chi connectivity index (χ2n) is 4.04. The minimum atomic E-state index is -0.228. The lowest BCUT2D eigenvalue weighted by Crippen LogP contribution is -2.37. The van der Waals surface area contributed by atoms with Crippen LogP contribution in [0.4, 0.5) is 0 Å². The maximum absolute atomic E-state index is 11.8. The van der Waals surface area contributed by atoms with E-state index in [0.717, 1.165) is 0 Å². The molecule has 0 aliphatic carbocycles. The fourth-order valence-electron chi connectivity index (χ4n) is 1.84. The van der Waals surface area contributed by atoms with Crippen LogP contribution >= 0.6 is 0 Å². The maximum atomic E-state index is 11.8. The van der Waals surface area contributed by atoms with Crippen molar-refractivity contribution in [1.29, 1.82) is 0 Å². The molecule has 2 amide bonds. The first-order valence-electron chi connectivity index (χ1n) is 5.96. The smallest absolute Gasteiger partial charge is 0.229 e. The summed E-state index contributed by atoms with van der Waals surface area (Å²) >= 11 is 0. The molecule has 0 aromatic carbocycles. The number of rotatable bonds is 2. The first-order valence-corrected chi connectivity index (χ1v) is 5.96. The average molecular weight is 244 g/mol. The van der Waals surface area contributed by atoms with E-state index in [4.69, 9.17) is 4.74 Å². The van der Waals surface area contributed by atoms with Gasteiger partial charge < -0.3 is 14.5 Å². The molecule has 100 valence electrons. The maximum Gasteiger partial charge on any atom is 0.229 e. The van der Waals surface area contributed by atoms with E-state index in [9.17, 15) is 9.59 Å². The van der Waals surface area contributed by atoms with Gasteiger partial charge in [0.15, 0.2) is 0 Å². The predicted octanol–water partition coefficient (Wildman–Crippen LogP) is 0.594. The summed E-state index contributed by atoms with van der Waals surface area (Å²) in [6.45, 7) is 6.48. The number of hydrogen-bond acceptors (Lipinski definition) is 3. The molecule has 1 saturated heterocycles. The fourth-order valence-corrected chi connectivity index (χ4v) is 1.84. The summed E-state index contributed by atoms with van der Waals surface area (Å²) in [6, 6.07) is 0. The van der Waals surface area contributed by atoms with E-state index in [2.05, 4.69) is 0 Å². The van der Waals surface area contributed by atoms with Gasteiger partial charge in [-0.1, -0.05) is 13.8 Å². The number of likely N-dealkylation sites (tertiary alicyclic amines) is 1. The second kappa shape index (κ2) is 7.27. The van der Waals surface area contributed by atoms with Crippen LogP contribution in [0.5, 0.6) is 0 Å². The van der Waals surface area contributed by atoms with Crippen LogP contribution in [0.3, 0.4) is 0 Å². The molecule has 0 spiro atoms. The summed E-state index contributed by atoms with van der Waals surface area (Å²) in [7, 11) is 5.00. The van der Waals surface area contributed by atoms with Crippen molar-refractivity contribution in [1.82, 2.24) is 9.80 Å². The lowest BCUT2D eigenvalue weighted by Gasteiger charge is -2.19. The van der Waals surface area contributed by atoms with Crippen LogP contribution < -0.4 is 0 Å². The summed E-state index contributed by atoms with van der Waals surface area (Å²) in [4.78, 5) is 26.2. The highest BCUT2D eigenvalue weighted by atomic mass is 16.5. The van der Waals surface area contributed by atoms with Gasteiger partial charge in [0.05, 0.1) is 12.0 Å². The van der Waals surface area contributed by atoms with E-state index in [1.165, 1.54) is 6.92 Å². The van der Waals surface area contributed by atoms with Gasteiger partial charge in [0.25, 0.3) is 0 Å². The van der Waals surface area contributed by atoms with Crippen molar-refractivity contribution in [2.24, 2.45) is 5.92 Å². The first-order chi connectivity index (χ1) is 7.97. The Morgan fingerprint density at radius 1 is 1.24 bits per heavy atom. The van der Waals surface area contributed by atoms with Gasteiger partial charge in [0.2, 0.25) is 11.8 Å². The summed E-state index contributed by atoms with van der Waals surface area (Å²) in [5.74, 6) is -0.217. The third-order valence-corrected chi connectivity index (χ3v) is 2.77. The zero-order valence-corrected chi connectivity index (χ0v) is 11.7. The van der Waals surface area contributed by atoms with Crippen LogP contribution in [-0.4, -0.2) is 62.0 Å². The van der Waals surface area contributed by atoms with E-state index in [1.807, 2.05) is 13.8 Å². The quantitative estimate of drug-likeness (QED) is 0.714. The van der Waals surface area contributed by atoms with Crippen LogP contribution in [0.2, 0.25) is 0 Å². The van der Waals surface area contributed by atoms with E-state index in [1.54, 1.807) is 31.0 Å². The minimum absolute atomic E-state index is 0.00824. The minimum Gasteiger partial charge on any atom is -0.379 e. The van der Waals surface area contributed by atoms with Crippen LogP contribution in [0.15, 0.2) is 0 Å². The van der Waals surface area contributed by atoms with Crippen LogP contribution in [-0.2, 0) is 14.3 Å². The molecule has 1 rings (SSSR count). The summed E-state index contributed by atoms with van der Waals surface area (Å²) in [5, 5.41) is 0. The molecule has 1 aliphatic rings. The van der Waals surface area contributed by atoms with Crippen molar-refractivity contribution in [3.8, 4) is 0 Å². The molecular weight excluding hydrogens is 220 g/mol. The third-order valence-electron chi connectivity index (χ3n) is 2.77. The van der Waals surface area contributed by atoms with E-state index >= 15 is 0 Å². The Hall–Kier alpha value is -1.10. The van der Waals surface area contributed by atoms with Crippen molar-refractivity contribution in [2.75, 3.05) is 34.3 Å². The molecule has 0 saturated carbocycles. The average Bonchev–Trinajstić information content (AvgIpc) is 2.74. The molecule has 2 atom stereocenters. The van der Waals surface area contributed by atoms with Crippen LogP contribution in [0, 0.1) is 5.92 Å². The highest BCUT2D eigenvalue weighted by molar-refractivity contribution is 5.81. The summed E-state index contributed by atoms with van der Waals surface area (Å²) in [6.07, 6.45) is -0.177. The lowest BCUT2D eigenvalue weighted by molar-refractivity contribution is -0.135. The number of nitrogens with zero attached hydrogens (tertiary/aromatic N) is 2. The fraction of sp³-hybridized carbons (Fsp3) is 0.833. The van der Waals surface area contributed by atoms with Gasteiger partial charge in [-0.2, -0.15) is 0 Å². The molecule has 1 aliphatic heterocycles. The van der Waals surface area contributed by atoms with Crippen LogP contribution in [0.1, 0.15) is 20.8 Å². The normalized spacial score (nSPS) is 22.8. The Kier molecular flexibility index (Phi) is 6.80. The zero-order valence-electron chi connectivity index (χ0n) is 11.7. The Morgan fingerprint density at radius 3 is 2.12 bits per heavy atom. The van der Waals surface area contributed by atoms with Crippen molar-refractivity contribution >= 4 is 11.8 Å². The van der Waals surface area contributed by atoms with Gasteiger partial charge in [0.1, 0.15) is 0 Å². The van der Waals surface area contributed by atoms with Gasteiger partial charge in [-0.05, 0) is 0 Å². The SMILES string of the molecule is CC.COC1CN(C(C)=O)CC1C(=O)N(C)C. The Balaban J connectivity index is 0.00000121. The number of amides is 2. The number of hydrogen-bond donors (Lipinski definition) is 0. The van der Waals surface area contributed by atoms with Gasteiger partial charge >= 0.3 is 0 Å². The molecule has 17 heavy (non-hydrogen) atoms.